The van der Waals surface area contributed by atoms with Crippen LogP contribution in [0.25, 0.3) is 0 Å². The largest absolute Gasteiger partial charge is 0.497 e. The number of ether oxygens (including phenoxy) is 2. The Hall–Kier alpha value is -2.47. The molecule has 6 nitrogen and oxygen atoms in total. The number of methoxy groups -OCH3 is 2. The van der Waals surface area contributed by atoms with Crippen LogP contribution in [0.3, 0.4) is 0 Å². The maximum Gasteiger partial charge on any atom is 0.151 e. The fourth-order valence-corrected chi connectivity index (χ4v) is 2.18. The Morgan fingerprint density at radius 1 is 1.32 bits per heavy atom. The van der Waals surface area contributed by atoms with E-state index in [1.165, 1.54) is 0 Å². The molecule has 1 aromatic heterocycles. The summed E-state index contributed by atoms with van der Waals surface area (Å²) in [5.74, 6) is 1.84. The summed E-state index contributed by atoms with van der Waals surface area (Å²) < 4.78 is 10.5. The van der Waals surface area contributed by atoms with E-state index < -0.39 is 0 Å². The van der Waals surface area contributed by atoms with Crippen LogP contribution in [0.4, 0.5) is 11.5 Å². The molecule has 0 aliphatic carbocycles. The van der Waals surface area contributed by atoms with Crippen LogP contribution in [0.15, 0.2) is 24.3 Å². The van der Waals surface area contributed by atoms with Gasteiger partial charge in [0.25, 0.3) is 0 Å². The van der Waals surface area contributed by atoms with Gasteiger partial charge in [-0.3, -0.25) is 0 Å². The van der Waals surface area contributed by atoms with Crippen LogP contribution < -0.4 is 20.5 Å². The summed E-state index contributed by atoms with van der Waals surface area (Å²) in [4.78, 5) is 4.15. The molecular formula is C15H17ClN4O2. The molecule has 1 aromatic carbocycles. The number of hydrogen-bond acceptors (Lipinski definition) is 6. The molecule has 2 rings (SSSR count). The predicted octanol–water partition coefficient (Wildman–Crippen LogP) is 2.94. The summed E-state index contributed by atoms with van der Waals surface area (Å²) >= 11 is 5.93. The Labute approximate surface area is 133 Å². The number of hydrogen-bond donors (Lipinski definition) is 3. The third-order valence-corrected chi connectivity index (χ3v) is 3.35. The monoisotopic (exact) mass is 320 g/mol. The van der Waals surface area contributed by atoms with Crippen molar-refractivity contribution in [3.05, 3.63) is 40.5 Å². The molecule has 0 aliphatic heterocycles. The number of nitrogens with two attached hydrogens (primary N) is 1. The van der Waals surface area contributed by atoms with Crippen LogP contribution in [-0.2, 0) is 6.54 Å². The van der Waals surface area contributed by atoms with Gasteiger partial charge in [0.2, 0.25) is 0 Å². The van der Waals surface area contributed by atoms with Crippen molar-refractivity contribution in [2.45, 2.75) is 6.54 Å². The van der Waals surface area contributed by atoms with E-state index in [2.05, 4.69) is 10.3 Å². The standard InChI is InChI=1S/C15H17ClN4O2/c1-21-11-4-3-9(12(6-11)22-2)8-19-15-14(18)10(7-17)5-13(16)20-15/h3-7,17H,8,18H2,1-2H3,(H,19,20). The molecule has 0 unspecified atom stereocenters. The van der Waals surface area contributed by atoms with Crippen LogP contribution in [0.5, 0.6) is 11.5 Å². The van der Waals surface area contributed by atoms with Crippen LogP contribution >= 0.6 is 11.6 Å². The van der Waals surface area contributed by atoms with E-state index in [1.807, 2.05) is 12.1 Å². The third kappa shape index (κ3) is 3.40. The summed E-state index contributed by atoms with van der Waals surface area (Å²) in [5.41, 5.74) is 7.77. The molecule has 0 radical (unpaired) electrons. The molecule has 0 amide bonds. The predicted molar refractivity (Wildman–Crippen MR) is 88.4 cm³/mol. The molecule has 0 saturated heterocycles. The molecule has 22 heavy (non-hydrogen) atoms. The van der Waals surface area contributed by atoms with Crippen LogP contribution in [0.2, 0.25) is 5.15 Å². The Balaban J connectivity index is 2.23. The smallest absolute Gasteiger partial charge is 0.151 e. The van der Waals surface area contributed by atoms with Gasteiger partial charge in [0.05, 0.1) is 19.9 Å². The molecule has 2 aromatic rings. The highest BCUT2D eigenvalue weighted by atomic mass is 35.5. The lowest BCUT2D eigenvalue weighted by atomic mass is 10.2. The van der Waals surface area contributed by atoms with Gasteiger partial charge in [0.1, 0.15) is 16.7 Å². The molecule has 4 N–H and O–H groups in total. The van der Waals surface area contributed by atoms with E-state index in [9.17, 15) is 0 Å². The number of nitrogen functional groups attached to an aromatic ring is 1. The van der Waals surface area contributed by atoms with Crippen molar-refractivity contribution in [1.29, 1.82) is 5.41 Å². The lowest BCUT2D eigenvalue weighted by Gasteiger charge is -2.13. The molecule has 0 saturated carbocycles. The number of anilines is 2. The number of nitrogens with zero attached hydrogens (tertiary/aromatic N) is 1. The van der Waals surface area contributed by atoms with E-state index in [-0.39, 0.29) is 5.15 Å². The Morgan fingerprint density at radius 3 is 2.73 bits per heavy atom. The zero-order valence-corrected chi connectivity index (χ0v) is 13.1. The van der Waals surface area contributed by atoms with E-state index in [0.29, 0.717) is 35.1 Å². The van der Waals surface area contributed by atoms with Crippen molar-refractivity contribution in [3.63, 3.8) is 0 Å². The fraction of sp³-hybridized carbons (Fsp3) is 0.200. The van der Waals surface area contributed by atoms with Crippen LogP contribution in [0.1, 0.15) is 11.1 Å². The lowest BCUT2D eigenvalue weighted by molar-refractivity contribution is 0.391. The fourth-order valence-electron chi connectivity index (χ4n) is 1.97. The van der Waals surface area contributed by atoms with Crippen molar-refractivity contribution >= 4 is 29.3 Å². The molecule has 0 atom stereocenters. The molecule has 0 fully saturated rings. The van der Waals surface area contributed by atoms with E-state index in [4.69, 9.17) is 32.2 Å². The number of nitrogens with one attached hydrogen (secondary N) is 2. The number of benzene rings is 1. The molecule has 7 heteroatoms. The first-order valence-electron chi connectivity index (χ1n) is 6.50. The Morgan fingerprint density at radius 2 is 2.09 bits per heavy atom. The zero-order chi connectivity index (χ0) is 16.1. The quantitative estimate of drug-likeness (QED) is 0.562. The van der Waals surface area contributed by atoms with Crippen molar-refractivity contribution in [3.8, 4) is 11.5 Å². The minimum atomic E-state index is 0.275. The normalized spacial score (nSPS) is 10.1. The Bertz CT molecular complexity index is 691. The second-order valence-corrected chi connectivity index (χ2v) is 4.86. The zero-order valence-electron chi connectivity index (χ0n) is 12.3. The number of aromatic nitrogens is 1. The van der Waals surface area contributed by atoms with Gasteiger partial charge in [0.15, 0.2) is 5.82 Å². The Kier molecular flexibility index (Phi) is 5.06. The van der Waals surface area contributed by atoms with Gasteiger partial charge in [-0.25, -0.2) is 4.98 Å². The highest BCUT2D eigenvalue weighted by Crippen LogP contribution is 2.27. The van der Waals surface area contributed by atoms with Gasteiger partial charge >= 0.3 is 0 Å². The van der Waals surface area contributed by atoms with Gasteiger partial charge in [0, 0.05) is 30.0 Å². The average molecular weight is 321 g/mol. The summed E-state index contributed by atoms with van der Waals surface area (Å²) in [6.45, 7) is 0.447. The van der Waals surface area contributed by atoms with Gasteiger partial charge in [-0.1, -0.05) is 11.6 Å². The topological polar surface area (TPSA) is 93.2 Å². The van der Waals surface area contributed by atoms with Crippen molar-refractivity contribution in [2.75, 3.05) is 25.3 Å². The number of pyridine rings is 1. The lowest BCUT2D eigenvalue weighted by Crippen LogP contribution is -2.08. The first kappa shape index (κ1) is 15.9. The molecule has 116 valence electrons. The van der Waals surface area contributed by atoms with Crippen molar-refractivity contribution < 1.29 is 9.47 Å². The number of halogens is 1. The highest BCUT2D eigenvalue weighted by Gasteiger charge is 2.10. The van der Waals surface area contributed by atoms with Crippen molar-refractivity contribution in [1.82, 2.24) is 4.98 Å². The van der Waals surface area contributed by atoms with Gasteiger partial charge < -0.3 is 25.9 Å². The summed E-state index contributed by atoms with van der Waals surface area (Å²) in [5, 5.41) is 10.7. The highest BCUT2D eigenvalue weighted by molar-refractivity contribution is 6.30. The van der Waals surface area contributed by atoms with Crippen LogP contribution in [0, 0.1) is 5.41 Å². The third-order valence-electron chi connectivity index (χ3n) is 3.16. The van der Waals surface area contributed by atoms with Gasteiger partial charge in [-0.05, 0) is 18.2 Å². The molecule has 0 bridgehead atoms. The SMILES string of the molecule is COc1ccc(CNc2nc(Cl)cc(C=N)c2N)c(OC)c1. The minimum Gasteiger partial charge on any atom is -0.497 e. The first-order valence-corrected chi connectivity index (χ1v) is 6.88. The summed E-state index contributed by atoms with van der Waals surface area (Å²) in [6, 6.07) is 7.08. The summed E-state index contributed by atoms with van der Waals surface area (Å²) in [7, 11) is 3.19. The maximum atomic E-state index is 7.33. The van der Waals surface area contributed by atoms with E-state index in [0.717, 1.165) is 11.8 Å². The van der Waals surface area contributed by atoms with Crippen LogP contribution in [-0.4, -0.2) is 25.4 Å². The molecular weight excluding hydrogens is 304 g/mol. The minimum absolute atomic E-state index is 0.275. The van der Waals surface area contributed by atoms with Gasteiger partial charge in [-0.2, -0.15) is 0 Å². The van der Waals surface area contributed by atoms with Crippen molar-refractivity contribution in [2.24, 2.45) is 0 Å². The first-order chi connectivity index (χ1) is 10.6. The van der Waals surface area contributed by atoms with E-state index in [1.54, 1.807) is 26.4 Å². The second kappa shape index (κ2) is 7.00. The maximum absolute atomic E-state index is 7.33. The average Bonchev–Trinajstić information content (AvgIpc) is 2.55. The van der Waals surface area contributed by atoms with Gasteiger partial charge in [-0.15, -0.1) is 0 Å². The second-order valence-electron chi connectivity index (χ2n) is 4.47. The summed E-state index contributed by atoms with van der Waals surface area (Å²) in [6.07, 6.45) is 1.14. The molecule has 0 spiro atoms. The molecule has 1 heterocycles. The van der Waals surface area contributed by atoms with E-state index >= 15 is 0 Å². The molecule has 0 aliphatic rings. The number of rotatable bonds is 6.